The second-order valence-corrected chi connectivity index (χ2v) is 11.3. The third-order valence-corrected chi connectivity index (χ3v) is 8.45. The fraction of sp³-hybridized carbons (Fsp3) is 0.419. The van der Waals surface area contributed by atoms with E-state index in [-0.39, 0.29) is 11.9 Å². The number of aryl methyl sites for hydroxylation is 2. The largest absolute Gasteiger partial charge is 0.494 e. The van der Waals surface area contributed by atoms with E-state index in [1.165, 1.54) is 0 Å². The highest BCUT2D eigenvalue weighted by Gasteiger charge is 2.27. The quantitative estimate of drug-likeness (QED) is 0.347. The number of nitrogens with zero attached hydrogens (tertiary/aromatic N) is 7. The molecule has 0 unspecified atom stereocenters. The highest BCUT2D eigenvalue weighted by Crippen LogP contribution is 2.36. The summed E-state index contributed by atoms with van der Waals surface area (Å²) in [5.41, 5.74) is 11.4. The van der Waals surface area contributed by atoms with Crippen molar-refractivity contribution in [3.05, 3.63) is 60.0 Å². The van der Waals surface area contributed by atoms with Crippen molar-refractivity contribution >= 4 is 28.0 Å². The van der Waals surface area contributed by atoms with Gasteiger partial charge >= 0.3 is 0 Å². The molecule has 2 N–H and O–H groups in total. The lowest BCUT2D eigenvalue weighted by molar-refractivity contribution is 0.0708. The van der Waals surface area contributed by atoms with Crippen LogP contribution >= 0.6 is 0 Å². The van der Waals surface area contributed by atoms with Crippen LogP contribution in [0.2, 0.25) is 0 Å². The molecule has 212 valence electrons. The topological polar surface area (TPSA) is 109 Å². The molecule has 10 heteroatoms. The zero-order chi connectivity index (χ0) is 27.9. The number of pyridine rings is 1. The molecular formula is C31H36N8O2. The highest BCUT2D eigenvalue weighted by atomic mass is 16.5. The van der Waals surface area contributed by atoms with Crippen LogP contribution in [0, 0.1) is 0 Å². The van der Waals surface area contributed by atoms with E-state index in [0.717, 1.165) is 90.8 Å². The first-order valence-electron chi connectivity index (χ1n) is 14.7. The van der Waals surface area contributed by atoms with Crippen molar-refractivity contribution < 1.29 is 9.53 Å². The minimum atomic E-state index is -0.0329. The number of imidazole rings is 1. The summed E-state index contributed by atoms with van der Waals surface area (Å²) in [6, 6.07) is 10.0. The number of ether oxygens (including phenoxy) is 1. The number of piperidine rings is 1. The Kier molecular flexibility index (Phi) is 6.70. The molecule has 0 aliphatic carbocycles. The van der Waals surface area contributed by atoms with Crippen molar-refractivity contribution in [2.75, 3.05) is 20.2 Å². The van der Waals surface area contributed by atoms with Gasteiger partial charge in [-0.25, -0.2) is 9.97 Å². The highest BCUT2D eigenvalue weighted by molar-refractivity contribution is 6.00. The Hall–Kier alpha value is -4.18. The van der Waals surface area contributed by atoms with Crippen molar-refractivity contribution in [3.8, 4) is 17.3 Å². The summed E-state index contributed by atoms with van der Waals surface area (Å²) >= 11 is 0. The zero-order valence-corrected chi connectivity index (χ0v) is 23.5. The third-order valence-electron chi connectivity index (χ3n) is 8.45. The van der Waals surface area contributed by atoms with E-state index in [9.17, 15) is 4.79 Å². The number of methoxy groups -OCH3 is 1. The molecule has 1 saturated heterocycles. The number of nitrogens with two attached hydrogens (primary N) is 1. The van der Waals surface area contributed by atoms with Crippen molar-refractivity contribution in [1.82, 2.24) is 33.8 Å². The average Bonchev–Trinajstić information content (AvgIpc) is 3.69. The summed E-state index contributed by atoms with van der Waals surface area (Å²) < 4.78 is 12.5. The van der Waals surface area contributed by atoms with Crippen LogP contribution in [0.3, 0.4) is 0 Å². The van der Waals surface area contributed by atoms with Gasteiger partial charge in [0.1, 0.15) is 16.9 Å². The van der Waals surface area contributed by atoms with Gasteiger partial charge in [-0.15, -0.1) is 0 Å². The Bertz CT molecular complexity index is 1730. The number of hydrogen-bond acceptors (Lipinski definition) is 6. The summed E-state index contributed by atoms with van der Waals surface area (Å²) in [4.78, 5) is 25.4. The van der Waals surface area contributed by atoms with Gasteiger partial charge in [-0.3, -0.25) is 9.48 Å². The molecule has 7 rings (SSSR count). The molecule has 1 fully saturated rings. The molecular weight excluding hydrogens is 516 g/mol. The number of amides is 1. The maximum absolute atomic E-state index is 13.6. The Morgan fingerprint density at radius 3 is 2.78 bits per heavy atom. The minimum Gasteiger partial charge on any atom is -0.494 e. The number of carbonyl (C=O) groups is 1. The zero-order valence-electron chi connectivity index (χ0n) is 23.5. The van der Waals surface area contributed by atoms with Gasteiger partial charge < -0.3 is 24.5 Å². The number of hydrogen-bond donors (Lipinski definition) is 1. The van der Waals surface area contributed by atoms with E-state index in [4.69, 9.17) is 20.4 Å². The fourth-order valence-corrected chi connectivity index (χ4v) is 6.42. The molecule has 0 radical (unpaired) electrons. The van der Waals surface area contributed by atoms with Gasteiger partial charge in [-0.1, -0.05) is 12.8 Å². The molecule has 41 heavy (non-hydrogen) atoms. The third kappa shape index (κ3) is 4.76. The van der Waals surface area contributed by atoms with E-state index in [0.29, 0.717) is 30.9 Å². The summed E-state index contributed by atoms with van der Waals surface area (Å²) in [7, 11) is 1.65. The lowest BCUT2D eigenvalue weighted by Gasteiger charge is -2.30. The Morgan fingerprint density at radius 2 is 1.93 bits per heavy atom. The molecule has 4 aromatic heterocycles. The van der Waals surface area contributed by atoms with Crippen LogP contribution in [0.25, 0.3) is 33.6 Å². The fourth-order valence-electron chi connectivity index (χ4n) is 6.42. The molecule has 1 amide bonds. The summed E-state index contributed by atoms with van der Waals surface area (Å²) in [6.45, 7) is 3.62. The normalized spacial score (nSPS) is 18.2. The van der Waals surface area contributed by atoms with Gasteiger partial charge in [0.15, 0.2) is 5.82 Å². The van der Waals surface area contributed by atoms with Gasteiger partial charge in [-0.05, 0) is 56.0 Å². The maximum atomic E-state index is 13.6. The Balaban J connectivity index is 1.43. The molecule has 1 atom stereocenters. The lowest BCUT2D eigenvalue weighted by Crippen LogP contribution is -2.45. The van der Waals surface area contributed by atoms with Crippen molar-refractivity contribution in [2.45, 2.75) is 64.2 Å². The molecule has 5 aromatic rings. The van der Waals surface area contributed by atoms with Gasteiger partial charge in [0.2, 0.25) is 0 Å². The molecule has 0 spiro atoms. The number of likely N-dealkylation sites (tertiary alicyclic amines) is 1. The lowest BCUT2D eigenvalue weighted by atomic mass is 10.0. The van der Waals surface area contributed by atoms with Gasteiger partial charge in [0, 0.05) is 61.1 Å². The molecule has 2 bridgehead atoms. The molecule has 10 nitrogen and oxygen atoms in total. The van der Waals surface area contributed by atoms with Crippen LogP contribution in [0.1, 0.15) is 54.4 Å². The Morgan fingerprint density at radius 1 is 1.05 bits per heavy atom. The van der Waals surface area contributed by atoms with Gasteiger partial charge in [-0.2, -0.15) is 5.10 Å². The molecule has 0 saturated carbocycles. The van der Waals surface area contributed by atoms with E-state index in [2.05, 4.69) is 32.6 Å². The molecule has 1 aromatic carbocycles. The van der Waals surface area contributed by atoms with Gasteiger partial charge in [0.25, 0.3) is 5.91 Å². The molecule has 6 heterocycles. The number of rotatable bonds is 2. The predicted molar refractivity (Wildman–Crippen MR) is 158 cm³/mol. The maximum Gasteiger partial charge on any atom is 0.254 e. The first kappa shape index (κ1) is 25.8. The molecule has 2 aliphatic rings. The summed E-state index contributed by atoms with van der Waals surface area (Å²) in [5, 5.41) is 5.72. The van der Waals surface area contributed by atoms with Crippen LogP contribution in [0.5, 0.6) is 5.75 Å². The summed E-state index contributed by atoms with van der Waals surface area (Å²) in [6.07, 6.45) is 12.2. The number of carbonyl (C=O) groups excluding carboxylic acids is 1. The second-order valence-electron chi connectivity index (χ2n) is 11.3. The molecule has 2 aliphatic heterocycles. The van der Waals surface area contributed by atoms with E-state index < -0.39 is 0 Å². The van der Waals surface area contributed by atoms with E-state index in [1.807, 2.05) is 40.2 Å². The Labute approximate surface area is 238 Å². The van der Waals surface area contributed by atoms with Crippen LogP contribution in [0.15, 0.2) is 48.9 Å². The summed E-state index contributed by atoms with van der Waals surface area (Å²) in [5.74, 6) is 1.42. The van der Waals surface area contributed by atoms with Crippen molar-refractivity contribution in [3.63, 3.8) is 0 Å². The first-order chi connectivity index (χ1) is 20.1. The average molecular weight is 553 g/mol. The predicted octanol–water partition coefficient (Wildman–Crippen LogP) is 4.44. The minimum absolute atomic E-state index is 0.0108. The monoisotopic (exact) mass is 552 g/mol. The first-order valence-corrected chi connectivity index (χ1v) is 14.7. The number of benzene rings is 1. The number of fused-ring (bicyclic) bond motifs is 9. The van der Waals surface area contributed by atoms with Crippen molar-refractivity contribution in [1.29, 1.82) is 0 Å². The van der Waals surface area contributed by atoms with E-state index in [1.54, 1.807) is 7.11 Å². The van der Waals surface area contributed by atoms with Crippen LogP contribution in [0.4, 0.5) is 0 Å². The standard InChI is InChI=1S/C31H36N8O2/c1-41-27-16-23(31(40)36-11-7-9-24(32)20-36)14-25-28(27)39-19-21-17-34-37(18-21)12-4-2-3-5-13-38-26(30(39)35-25)15-22-8-6-10-33-29(22)38/h6,8,10,14-18,24H,2-5,7,9,11-13,19-20,32H2,1H3/t24-/m1/s1. The number of aromatic nitrogens is 6. The van der Waals surface area contributed by atoms with Gasteiger partial charge in [0.05, 0.1) is 31.1 Å². The van der Waals surface area contributed by atoms with E-state index >= 15 is 0 Å². The van der Waals surface area contributed by atoms with Crippen LogP contribution in [-0.2, 0) is 19.6 Å². The second kappa shape index (κ2) is 10.7. The SMILES string of the molecule is COc1cc(C(=O)N2CCC[C@@H](N)C2)cc2nc3n(c12)Cc1cnn(c1)CCCCCCn1c-3cc2cccnc21. The van der Waals surface area contributed by atoms with Crippen LogP contribution < -0.4 is 10.5 Å². The smallest absolute Gasteiger partial charge is 0.254 e. The van der Waals surface area contributed by atoms with Crippen molar-refractivity contribution in [2.24, 2.45) is 5.73 Å². The van der Waals surface area contributed by atoms with Crippen LogP contribution in [-0.4, -0.2) is 65.9 Å².